The van der Waals surface area contributed by atoms with E-state index in [4.69, 9.17) is 32.5 Å². The van der Waals surface area contributed by atoms with Crippen molar-refractivity contribution in [3.05, 3.63) is 27.2 Å². The van der Waals surface area contributed by atoms with E-state index < -0.39 is 15.5 Å². The number of ether oxygens (including phenoxy) is 1. The van der Waals surface area contributed by atoms with Crippen LogP contribution in [0.2, 0.25) is 10.0 Å². The van der Waals surface area contributed by atoms with Crippen molar-refractivity contribution in [3.63, 3.8) is 0 Å². The fourth-order valence-corrected chi connectivity index (χ4v) is 5.93. The van der Waals surface area contributed by atoms with Crippen LogP contribution in [0.1, 0.15) is 74.2 Å². The normalized spacial score (nSPS) is 22.3. The molecule has 1 N–H and O–H groups in total. The third kappa shape index (κ3) is 4.76. The maximum Gasteiger partial charge on any atom is 0.264 e. The fourth-order valence-electron chi connectivity index (χ4n) is 4.94. The Bertz CT molecular complexity index is 878. The summed E-state index contributed by atoms with van der Waals surface area (Å²) in [5, 5.41) is 0.415. The van der Waals surface area contributed by atoms with Crippen LogP contribution in [0, 0.1) is 11.3 Å². The molecule has 1 aromatic rings. The first-order chi connectivity index (χ1) is 13.7. The van der Waals surface area contributed by atoms with Crippen molar-refractivity contribution in [1.82, 2.24) is 0 Å². The molecule has 1 unspecified atom stereocenters. The molecule has 0 bridgehead atoms. The molecular weight excluding hydrogens is 435 g/mol. The first-order valence-electron chi connectivity index (χ1n) is 10.3. The molecule has 2 aliphatic rings. The van der Waals surface area contributed by atoms with E-state index in [0.29, 0.717) is 23.7 Å². The minimum Gasteiger partial charge on any atom is -0.492 e. The summed E-state index contributed by atoms with van der Waals surface area (Å²) >= 11 is 12.9. The van der Waals surface area contributed by atoms with E-state index in [9.17, 15) is 13.2 Å². The summed E-state index contributed by atoms with van der Waals surface area (Å²) in [5.41, 5.74) is 1.01. The monoisotopic (exact) mass is 462 g/mol. The maximum absolute atomic E-state index is 13.6. The third-order valence-corrected chi connectivity index (χ3v) is 8.01. The van der Waals surface area contributed by atoms with Gasteiger partial charge in [-0.1, -0.05) is 55.8 Å². The second-order valence-electron chi connectivity index (χ2n) is 8.27. The average molecular weight is 463 g/mol. The SMILES string of the molecule is CCCCC1(C2CCCC2)Cc2cc(OCCCS(=O)(=O)O)c(Cl)c(Cl)c2C1=O. The topological polar surface area (TPSA) is 80.7 Å². The van der Waals surface area contributed by atoms with Gasteiger partial charge in [-0.25, -0.2) is 0 Å². The van der Waals surface area contributed by atoms with Gasteiger partial charge in [-0.2, -0.15) is 8.42 Å². The van der Waals surface area contributed by atoms with Crippen LogP contribution in [0.5, 0.6) is 5.75 Å². The first kappa shape index (κ1) is 22.9. The lowest BCUT2D eigenvalue weighted by molar-refractivity contribution is 0.0671. The van der Waals surface area contributed by atoms with E-state index in [1.165, 1.54) is 12.8 Å². The molecule has 0 aromatic heterocycles. The summed E-state index contributed by atoms with van der Waals surface area (Å²) in [6.07, 6.45) is 8.17. The third-order valence-electron chi connectivity index (χ3n) is 6.36. The van der Waals surface area contributed by atoms with Gasteiger partial charge in [-0.15, -0.1) is 0 Å². The molecule has 1 atom stereocenters. The average Bonchev–Trinajstić information content (AvgIpc) is 3.28. The van der Waals surface area contributed by atoms with Crippen molar-refractivity contribution in [2.45, 2.75) is 64.7 Å². The van der Waals surface area contributed by atoms with Gasteiger partial charge in [0, 0.05) is 11.0 Å². The van der Waals surface area contributed by atoms with Crippen LogP contribution in [0.4, 0.5) is 0 Å². The standard InChI is InChI=1S/C21H28Cl2O5S/c1-2-3-9-21(15-7-4-5-8-15)13-14-12-16(28-10-6-11-29(25,26)27)18(22)19(23)17(14)20(21)24/h12,15H,2-11,13H2,1H3,(H,25,26,27). The molecule has 0 saturated heterocycles. The number of rotatable bonds is 9. The van der Waals surface area contributed by atoms with Crippen molar-refractivity contribution in [3.8, 4) is 5.75 Å². The highest BCUT2D eigenvalue weighted by Crippen LogP contribution is 2.54. The van der Waals surface area contributed by atoms with Crippen LogP contribution < -0.4 is 4.74 Å². The first-order valence-corrected chi connectivity index (χ1v) is 12.7. The number of carbonyl (C=O) groups is 1. The molecule has 29 heavy (non-hydrogen) atoms. The van der Waals surface area contributed by atoms with Gasteiger partial charge in [0.25, 0.3) is 10.1 Å². The highest BCUT2D eigenvalue weighted by molar-refractivity contribution is 7.85. The minimum absolute atomic E-state index is 0.0756. The number of carbonyl (C=O) groups excluding carboxylic acids is 1. The number of fused-ring (bicyclic) bond motifs is 1. The molecule has 1 aromatic carbocycles. The van der Waals surface area contributed by atoms with Gasteiger partial charge < -0.3 is 4.74 Å². The largest absolute Gasteiger partial charge is 0.492 e. The molecule has 0 radical (unpaired) electrons. The Kier molecular flexibility index (Phi) is 7.19. The summed E-state index contributed by atoms with van der Waals surface area (Å²) in [6.45, 7) is 2.21. The minimum atomic E-state index is -4.03. The molecular formula is C21H28Cl2O5S. The van der Waals surface area contributed by atoms with Crippen molar-refractivity contribution < 1.29 is 22.5 Å². The summed E-state index contributed by atoms with van der Waals surface area (Å²) in [4.78, 5) is 13.6. The van der Waals surface area contributed by atoms with Crippen molar-refractivity contribution in [1.29, 1.82) is 0 Å². The van der Waals surface area contributed by atoms with Gasteiger partial charge in [0.1, 0.15) is 10.8 Å². The number of unbranched alkanes of at least 4 members (excludes halogenated alkanes) is 1. The molecule has 3 rings (SSSR count). The van der Waals surface area contributed by atoms with Gasteiger partial charge in [0.15, 0.2) is 5.78 Å². The van der Waals surface area contributed by atoms with E-state index in [1.54, 1.807) is 6.07 Å². The molecule has 2 aliphatic carbocycles. The number of hydrogen-bond acceptors (Lipinski definition) is 4. The predicted octanol–water partition coefficient (Wildman–Crippen LogP) is 5.76. The molecule has 8 heteroatoms. The van der Waals surface area contributed by atoms with Gasteiger partial charge in [0.05, 0.1) is 17.4 Å². The Morgan fingerprint density at radius 2 is 1.90 bits per heavy atom. The Labute approximate surface area is 182 Å². The van der Waals surface area contributed by atoms with Crippen molar-refractivity contribution in [2.24, 2.45) is 11.3 Å². The zero-order valence-corrected chi connectivity index (χ0v) is 19.0. The Hall–Kier alpha value is -0.820. The van der Waals surface area contributed by atoms with Crippen LogP contribution >= 0.6 is 23.2 Å². The Morgan fingerprint density at radius 3 is 2.52 bits per heavy atom. The van der Waals surface area contributed by atoms with Gasteiger partial charge in [-0.05, 0) is 49.7 Å². The summed E-state index contributed by atoms with van der Waals surface area (Å²) in [5.74, 6) is 0.473. The number of benzene rings is 1. The second-order valence-corrected chi connectivity index (χ2v) is 10.6. The second kappa shape index (κ2) is 9.13. The quantitative estimate of drug-likeness (QED) is 0.372. The number of halogens is 2. The zero-order chi connectivity index (χ0) is 21.2. The molecule has 162 valence electrons. The highest BCUT2D eigenvalue weighted by atomic mass is 35.5. The fraction of sp³-hybridized carbons (Fsp3) is 0.667. The van der Waals surface area contributed by atoms with E-state index >= 15 is 0 Å². The highest BCUT2D eigenvalue weighted by Gasteiger charge is 2.51. The summed E-state index contributed by atoms with van der Waals surface area (Å²) in [6, 6.07) is 1.79. The zero-order valence-electron chi connectivity index (χ0n) is 16.7. The van der Waals surface area contributed by atoms with E-state index in [-0.39, 0.29) is 34.6 Å². The summed E-state index contributed by atoms with van der Waals surface area (Å²) < 4.78 is 36.2. The lowest BCUT2D eigenvalue weighted by atomic mass is 9.68. The molecule has 0 heterocycles. The number of hydrogen-bond donors (Lipinski definition) is 1. The lowest BCUT2D eigenvalue weighted by Crippen LogP contribution is -2.35. The molecule has 0 aliphatic heterocycles. The number of ketones is 1. The van der Waals surface area contributed by atoms with Crippen LogP contribution in [-0.2, 0) is 16.5 Å². The van der Waals surface area contributed by atoms with Crippen LogP contribution in [0.25, 0.3) is 0 Å². The van der Waals surface area contributed by atoms with E-state index in [2.05, 4.69) is 6.92 Å². The molecule has 1 fully saturated rings. The van der Waals surface area contributed by atoms with E-state index in [0.717, 1.165) is 37.7 Å². The van der Waals surface area contributed by atoms with Gasteiger partial charge >= 0.3 is 0 Å². The smallest absolute Gasteiger partial charge is 0.264 e. The molecule has 0 spiro atoms. The Morgan fingerprint density at radius 1 is 1.21 bits per heavy atom. The number of Topliss-reactive ketones (excluding diaryl/α,β-unsaturated/α-hetero) is 1. The molecule has 5 nitrogen and oxygen atoms in total. The van der Waals surface area contributed by atoms with Gasteiger partial charge in [0.2, 0.25) is 0 Å². The van der Waals surface area contributed by atoms with Crippen LogP contribution in [0.3, 0.4) is 0 Å². The molecule has 1 saturated carbocycles. The van der Waals surface area contributed by atoms with E-state index in [1.807, 2.05) is 0 Å². The van der Waals surface area contributed by atoms with Crippen molar-refractivity contribution >= 4 is 39.1 Å². The molecule has 0 amide bonds. The van der Waals surface area contributed by atoms with Crippen LogP contribution in [-0.4, -0.2) is 31.1 Å². The van der Waals surface area contributed by atoms with Crippen LogP contribution in [0.15, 0.2) is 6.07 Å². The maximum atomic E-state index is 13.6. The Balaban J connectivity index is 1.86. The van der Waals surface area contributed by atoms with Gasteiger partial charge in [-0.3, -0.25) is 9.35 Å². The lowest BCUT2D eigenvalue weighted by Gasteiger charge is -2.34. The predicted molar refractivity (Wildman–Crippen MR) is 115 cm³/mol. The van der Waals surface area contributed by atoms with Crippen molar-refractivity contribution in [2.75, 3.05) is 12.4 Å². The summed E-state index contributed by atoms with van der Waals surface area (Å²) in [7, 11) is -4.03.